The van der Waals surface area contributed by atoms with Crippen molar-refractivity contribution in [3.63, 3.8) is 0 Å². The highest BCUT2D eigenvalue weighted by Gasteiger charge is 2.23. The Bertz CT molecular complexity index is 1530. The molecule has 6 nitrogen and oxygen atoms in total. The van der Waals surface area contributed by atoms with Gasteiger partial charge in [-0.2, -0.15) is 0 Å². The molecule has 0 aliphatic heterocycles. The minimum atomic E-state index is -4.19. The van der Waals surface area contributed by atoms with Crippen LogP contribution in [0.4, 0.5) is 5.69 Å². The first-order chi connectivity index (χ1) is 15.1. The van der Waals surface area contributed by atoms with E-state index in [2.05, 4.69) is 4.72 Å². The zero-order valence-corrected chi connectivity index (χ0v) is 19.1. The summed E-state index contributed by atoms with van der Waals surface area (Å²) in [5, 5.41) is 13.8. The van der Waals surface area contributed by atoms with Crippen molar-refractivity contribution in [2.24, 2.45) is 0 Å². The summed E-state index contributed by atoms with van der Waals surface area (Å²) in [6, 6.07) is 18.9. The second-order valence-corrected chi connectivity index (χ2v) is 11.2. The third kappa shape index (κ3) is 4.04. The van der Waals surface area contributed by atoms with Crippen LogP contribution in [0.5, 0.6) is 5.75 Å². The van der Waals surface area contributed by atoms with Crippen molar-refractivity contribution in [2.45, 2.75) is 21.6 Å². The van der Waals surface area contributed by atoms with E-state index in [4.69, 9.17) is 11.6 Å². The van der Waals surface area contributed by atoms with E-state index in [1.165, 1.54) is 42.5 Å². The van der Waals surface area contributed by atoms with Gasteiger partial charge in [-0.3, -0.25) is 4.72 Å². The number of hydrogen-bond acceptors (Lipinski definition) is 5. The molecule has 4 aromatic rings. The van der Waals surface area contributed by atoms with E-state index >= 15 is 0 Å². The smallest absolute Gasteiger partial charge is 0.261 e. The molecule has 0 saturated carbocycles. The number of benzene rings is 4. The molecule has 0 aliphatic rings. The zero-order chi connectivity index (χ0) is 23.1. The molecule has 0 saturated heterocycles. The van der Waals surface area contributed by atoms with Crippen LogP contribution in [0.3, 0.4) is 0 Å². The predicted molar refractivity (Wildman–Crippen MR) is 122 cm³/mol. The number of rotatable bonds is 5. The standard InChI is InChI=1S/C23H18ClNO5S2/c1-15-6-10-17(11-7-15)31(27,28)22-14-21(19-4-2-3-5-20(19)23(22)26)25-32(29,30)18-12-8-16(24)9-13-18/h2-14,25-26H,1H3/p-1. The summed E-state index contributed by atoms with van der Waals surface area (Å²) < 4.78 is 54.8. The lowest BCUT2D eigenvalue weighted by molar-refractivity contribution is -0.269. The van der Waals surface area contributed by atoms with Gasteiger partial charge in [0.15, 0.2) is 0 Å². The molecule has 0 spiro atoms. The first kappa shape index (κ1) is 22.1. The van der Waals surface area contributed by atoms with Gasteiger partial charge in [-0.1, -0.05) is 59.3 Å². The summed E-state index contributed by atoms with van der Waals surface area (Å²) in [5.41, 5.74) is 0.849. The van der Waals surface area contributed by atoms with E-state index < -0.39 is 30.5 Å². The molecule has 4 rings (SSSR count). The van der Waals surface area contributed by atoms with E-state index in [1.54, 1.807) is 30.3 Å². The van der Waals surface area contributed by atoms with Crippen LogP contribution in [0.2, 0.25) is 5.02 Å². The van der Waals surface area contributed by atoms with Gasteiger partial charge in [-0.25, -0.2) is 16.8 Å². The first-order valence-electron chi connectivity index (χ1n) is 9.42. The predicted octanol–water partition coefficient (Wildman–Crippen LogP) is 4.51. The Morgan fingerprint density at radius 3 is 1.97 bits per heavy atom. The van der Waals surface area contributed by atoms with Crippen molar-refractivity contribution >= 4 is 47.9 Å². The molecular formula is C23H17ClNO5S2-. The van der Waals surface area contributed by atoms with E-state index in [9.17, 15) is 21.9 Å². The first-order valence-corrected chi connectivity index (χ1v) is 12.8. The van der Waals surface area contributed by atoms with Crippen LogP contribution in [0.15, 0.2) is 93.5 Å². The Hall–Kier alpha value is -3.07. The highest BCUT2D eigenvalue weighted by Crippen LogP contribution is 2.38. The van der Waals surface area contributed by atoms with Gasteiger partial charge < -0.3 is 5.11 Å². The lowest BCUT2D eigenvalue weighted by Crippen LogP contribution is -2.15. The van der Waals surface area contributed by atoms with Gasteiger partial charge in [-0.15, -0.1) is 0 Å². The highest BCUT2D eigenvalue weighted by atomic mass is 35.5. The molecule has 0 amide bonds. The Morgan fingerprint density at radius 1 is 0.781 bits per heavy atom. The monoisotopic (exact) mass is 486 g/mol. The topological polar surface area (TPSA) is 103 Å². The molecule has 0 heterocycles. The van der Waals surface area contributed by atoms with Gasteiger partial charge in [0.25, 0.3) is 10.0 Å². The van der Waals surface area contributed by atoms with E-state index in [1.807, 2.05) is 6.92 Å². The van der Waals surface area contributed by atoms with Crippen molar-refractivity contribution in [2.75, 3.05) is 4.72 Å². The van der Waals surface area contributed by atoms with Crippen LogP contribution in [0.1, 0.15) is 5.56 Å². The van der Waals surface area contributed by atoms with E-state index in [0.29, 0.717) is 5.02 Å². The van der Waals surface area contributed by atoms with Crippen LogP contribution >= 0.6 is 11.6 Å². The molecule has 0 aliphatic carbocycles. The van der Waals surface area contributed by atoms with Crippen molar-refractivity contribution in [3.8, 4) is 5.75 Å². The molecule has 4 aromatic carbocycles. The molecule has 1 N–H and O–H groups in total. The second-order valence-electron chi connectivity index (χ2n) is 7.17. The number of sulfone groups is 1. The highest BCUT2D eigenvalue weighted by molar-refractivity contribution is 7.93. The maximum absolute atomic E-state index is 13.2. The Labute approximate surface area is 191 Å². The van der Waals surface area contributed by atoms with E-state index in [0.717, 1.165) is 11.6 Å². The molecule has 164 valence electrons. The summed E-state index contributed by atoms with van der Waals surface area (Å²) in [7, 11) is -8.26. The fourth-order valence-electron chi connectivity index (χ4n) is 3.27. The zero-order valence-electron chi connectivity index (χ0n) is 16.7. The summed E-state index contributed by atoms with van der Waals surface area (Å²) >= 11 is 5.84. The second kappa shape index (κ2) is 8.12. The van der Waals surface area contributed by atoms with Gasteiger partial charge in [-0.05, 0) is 54.8 Å². The third-order valence-electron chi connectivity index (χ3n) is 4.95. The number of halogens is 1. The van der Waals surface area contributed by atoms with Crippen molar-refractivity contribution in [1.29, 1.82) is 0 Å². The number of fused-ring (bicyclic) bond motifs is 1. The van der Waals surface area contributed by atoms with Crippen molar-refractivity contribution in [3.05, 3.63) is 89.4 Å². The fraction of sp³-hybridized carbons (Fsp3) is 0.0435. The average molecular weight is 487 g/mol. The molecule has 0 fully saturated rings. The van der Waals surface area contributed by atoms with Gasteiger partial charge in [0.05, 0.1) is 20.4 Å². The van der Waals surface area contributed by atoms with Crippen LogP contribution in [-0.4, -0.2) is 16.8 Å². The van der Waals surface area contributed by atoms with Crippen LogP contribution in [0.25, 0.3) is 10.8 Å². The average Bonchev–Trinajstić information content (AvgIpc) is 2.76. The van der Waals surface area contributed by atoms with Crippen LogP contribution in [-0.2, 0) is 19.9 Å². The van der Waals surface area contributed by atoms with Gasteiger partial charge >= 0.3 is 0 Å². The van der Waals surface area contributed by atoms with Gasteiger partial charge in [0, 0.05) is 10.4 Å². The Balaban J connectivity index is 1.91. The maximum atomic E-state index is 13.2. The SMILES string of the molecule is Cc1ccc(S(=O)(=O)c2cc(NS(=O)(=O)c3ccc(Cl)cc3)c3ccccc3c2[O-])cc1. The van der Waals surface area contributed by atoms with Crippen LogP contribution < -0.4 is 9.83 Å². The van der Waals surface area contributed by atoms with Gasteiger partial charge in [0.1, 0.15) is 0 Å². The summed E-state index contributed by atoms with van der Waals surface area (Å²) in [4.78, 5) is -0.615. The normalized spacial score (nSPS) is 12.1. The van der Waals surface area contributed by atoms with Crippen LogP contribution in [0, 0.1) is 6.92 Å². The lowest BCUT2D eigenvalue weighted by Gasteiger charge is -2.21. The number of aryl methyl sites for hydroxylation is 1. The number of anilines is 1. The van der Waals surface area contributed by atoms with Gasteiger partial charge in [0.2, 0.25) is 9.84 Å². The van der Waals surface area contributed by atoms with Crippen molar-refractivity contribution < 1.29 is 21.9 Å². The molecule has 0 unspecified atom stereocenters. The quantitative estimate of drug-likeness (QED) is 0.447. The molecule has 0 bridgehead atoms. The minimum Gasteiger partial charge on any atom is -0.871 e. The molecular weight excluding hydrogens is 470 g/mol. The Morgan fingerprint density at radius 2 is 1.34 bits per heavy atom. The summed E-state index contributed by atoms with van der Waals surface area (Å²) in [6.45, 7) is 1.81. The minimum absolute atomic E-state index is 0.0131. The van der Waals surface area contributed by atoms with Crippen molar-refractivity contribution in [1.82, 2.24) is 0 Å². The number of nitrogens with one attached hydrogen (secondary N) is 1. The molecule has 0 aromatic heterocycles. The maximum Gasteiger partial charge on any atom is 0.261 e. The van der Waals surface area contributed by atoms with E-state index in [-0.39, 0.29) is 26.3 Å². The lowest BCUT2D eigenvalue weighted by atomic mass is 10.1. The molecule has 32 heavy (non-hydrogen) atoms. The largest absolute Gasteiger partial charge is 0.871 e. The molecule has 9 heteroatoms. The number of sulfonamides is 1. The molecule has 0 atom stereocenters. The summed E-state index contributed by atoms with van der Waals surface area (Å²) in [5.74, 6) is -0.699. The molecule has 0 radical (unpaired) electrons. The third-order valence-corrected chi connectivity index (χ3v) is 8.36. The summed E-state index contributed by atoms with van der Waals surface area (Å²) in [6.07, 6.45) is 0. The number of hydrogen-bond donors (Lipinski definition) is 1. The fourth-order valence-corrected chi connectivity index (χ4v) is 5.84. The Kier molecular flexibility index (Phi) is 5.62.